The van der Waals surface area contributed by atoms with E-state index in [1.165, 1.54) is 62.3 Å². The molecule has 4 rings (SSSR count). The summed E-state index contributed by atoms with van der Waals surface area (Å²) in [6, 6.07) is 7.92. The first kappa shape index (κ1) is 25.4. The first-order valence-corrected chi connectivity index (χ1v) is 14.0. The summed E-state index contributed by atoms with van der Waals surface area (Å²) in [6.45, 7) is 4.87. The molecule has 2 aromatic heterocycles. The lowest BCUT2D eigenvalue weighted by Crippen LogP contribution is -2.17. The highest BCUT2D eigenvalue weighted by Crippen LogP contribution is 2.36. The van der Waals surface area contributed by atoms with Gasteiger partial charge in [0.15, 0.2) is 5.16 Å². The Morgan fingerprint density at radius 1 is 1.17 bits per heavy atom. The van der Waals surface area contributed by atoms with Crippen LogP contribution in [0.15, 0.2) is 34.8 Å². The highest BCUT2D eigenvalue weighted by molar-refractivity contribution is 7.99. The Balaban J connectivity index is 1.43. The molecule has 3 aromatic rings. The summed E-state index contributed by atoms with van der Waals surface area (Å²) in [7, 11) is 1.35. The molecule has 1 N–H and O–H groups in total. The number of aryl methyl sites for hydroxylation is 1. The van der Waals surface area contributed by atoms with E-state index in [0.29, 0.717) is 16.5 Å². The van der Waals surface area contributed by atoms with Gasteiger partial charge in [0.05, 0.1) is 12.9 Å². The molecular formula is C26H32N4O3S2. The van der Waals surface area contributed by atoms with Crippen LogP contribution >= 0.6 is 23.1 Å². The summed E-state index contributed by atoms with van der Waals surface area (Å²) in [5.74, 6) is 1.20. The van der Waals surface area contributed by atoms with Crippen LogP contribution in [0.5, 0.6) is 0 Å². The maximum atomic E-state index is 12.8. The monoisotopic (exact) mass is 512 g/mol. The molecule has 1 aromatic carbocycles. The average Bonchev–Trinajstić information content (AvgIpc) is 3.47. The number of nitrogens with one attached hydrogen (secondary N) is 1. The summed E-state index contributed by atoms with van der Waals surface area (Å²) in [5.41, 5.74) is 3.17. The summed E-state index contributed by atoms with van der Waals surface area (Å²) >= 11 is 2.70. The number of amides is 1. The van der Waals surface area contributed by atoms with Crippen LogP contribution in [0.1, 0.15) is 60.8 Å². The van der Waals surface area contributed by atoms with Crippen LogP contribution < -0.4 is 5.32 Å². The number of benzene rings is 1. The molecule has 0 radical (unpaired) electrons. The number of thioether (sulfide) groups is 1. The number of hydrogen-bond acceptors (Lipinski definition) is 7. The van der Waals surface area contributed by atoms with Gasteiger partial charge in [-0.15, -0.1) is 21.5 Å². The molecule has 1 saturated carbocycles. The molecule has 2 heterocycles. The van der Waals surface area contributed by atoms with E-state index in [4.69, 9.17) is 4.74 Å². The lowest BCUT2D eigenvalue weighted by Gasteiger charge is -2.21. The summed E-state index contributed by atoms with van der Waals surface area (Å²) in [6.07, 6.45) is 7.41. The van der Waals surface area contributed by atoms with E-state index in [-0.39, 0.29) is 11.7 Å². The van der Waals surface area contributed by atoms with Gasteiger partial charge in [-0.3, -0.25) is 4.79 Å². The molecule has 9 heteroatoms. The van der Waals surface area contributed by atoms with Crippen LogP contribution in [0.25, 0.3) is 11.1 Å². The minimum absolute atomic E-state index is 0.180. The predicted octanol–water partition coefficient (Wildman–Crippen LogP) is 5.98. The van der Waals surface area contributed by atoms with Crippen molar-refractivity contribution in [3.63, 3.8) is 0 Å². The summed E-state index contributed by atoms with van der Waals surface area (Å²) < 4.78 is 7.14. The molecule has 0 aliphatic heterocycles. The highest BCUT2D eigenvalue weighted by atomic mass is 32.2. The Labute approximate surface area is 214 Å². The van der Waals surface area contributed by atoms with Crippen LogP contribution in [0.2, 0.25) is 0 Å². The van der Waals surface area contributed by atoms with Gasteiger partial charge in [0.2, 0.25) is 5.91 Å². The Morgan fingerprint density at radius 3 is 2.60 bits per heavy atom. The second-order valence-corrected chi connectivity index (χ2v) is 10.7. The van der Waals surface area contributed by atoms with E-state index in [1.807, 2.05) is 36.6 Å². The van der Waals surface area contributed by atoms with Gasteiger partial charge in [-0.2, -0.15) is 0 Å². The second kappa shape index (κ2) is 11.9. The Kier molecular flexibility index (Phi) is 8.62. The smallest absolute Gasteiger partial charge is 0.341 e. The van der Waals surface area contributed by atoms with E-state index in [9.17, 15) is 9.59 Å². The molecule has 1 aliphatic rings. The van der Waals surface area contributed by atoms with E-state index >= 15 is 0 Å². The highest BCUT2D eigenvalue weighted by Gasteiger charge is 2.23. The van der Waals surface area contributed by atoms with Gasteiger partial charge in [0, 0.05) is 23.9 Å². The van der Waals surface area contributed by atoms with E-state index in [0.717, 1.165) is 40.6 Å². The third kappa shape index (κ3) is 6.13. The van der Waals surface area contributed by atoms with Crippen LogP contribution in [0.3, 0.4) is 0 Å². The van der Waals surface area contributed by atoms with Crippen LogP contribution in [-0.2, 0) is 22.5 Å². The van der Waals surface area contributed by atoms with Gasteiger partial charge in [0.25, 0.3) is 0 Å². The number of esters is 1. The average molecular weight is 513 g/mol. The molecule has 1 amide bonds. The van der Waals surface area contributed by atoms with E-state index in [1.54, 1.807) is 0 Å². The SMILES string of the molecule is CCn1c(CC2CCCCC2)nnc1SCC(=O)Nc1scc(-c2ccc(C)cc2)c1C(=O)OC. The second-order valence-electron chi connectivity index (χ2n) is 8.90. The number of hydrogen-bond donors (Lipinski definition) is 1. The Morgan fingerprint density at radius 2 is 1.91 bits per heavy atom. The number of aromatic nitrogens is 3. The van der Waals surface area contributed by atoms with Gasteiger partial charge in [-0.25, -0.2) is 4.79 Å². The molecule has 0 saturated heterocycles. The van der Waals surface area contributed by atoms with Crippen molar-refractivity contribution in [3.05, 3.63) is 46.6 Å². The maximum absolute atomic E-state index is 12.8. The summed E-state index contributed by atoms with van der Waals surface area (Å²) in [4.78, 5) is 25.4. The fourth-order valence-electron chi connectivity index (χ4n) is 4.54. The number of carbonyl (C=O) groups excluding carboxylic acids is 2. The first-order chi connectivity index (χ1) is 17.0. The number of anilines is 1. The predicted molar refractivity (Wildman–Crippen MR) is 141 cm³/mol. The lowest BCUT2D eigenvalue weighted by molar-refractivity contribution is -0.113. The maximum Gasteiger partial charge on any atom is 0.341 e. The zero-order valence-corrected chi connectivity index (χ0v) is 22.1. The quantitative estimate of drug-likeness (QED) is 0.281. The molecule has 186 valence electrons. The molecular weight excluding hydrogens is 480 g/mol. The Hall–Kier alpha value is -2.65. The van der Waals surface area contributed by atoms with Crippen LogP contribution in [-0.4, -0.2) is 39.5 Å². The fourth-order valence-corrected chi connectivity index (χ4v) is 6.33. The van der Waals surface area contributed by atoms with Crippen LogP contribution in [0.4, 0.5) is 5.00 Å². The Bertz CT molecular complexity index is 1160. The van der Waals surface area contributed by atoms with Crippen LogP contribution in [0, 0.1) is 12.8 Å². The van der Waals surface area contributed by atoms with E-state index < -0.39 is 5.97 Å². The zero-order chi connectivity index (χ0) is 24.8. The van der Waals surface area contributed by atoms with Crippen molar-refractivity contribution < 1.29 is 14.3 Å². The van der Waals surface area contributed by atoms with Crippen molar-refractivity contribution in [2.24, 2.45) is 5.92 Å². The molecule has 0 atom stereocenters. The molecule has 7 nitrogen and oxygen atoms in total. The first-order valence-electron chi connectivity index (χ1n) is 12.1. The minimum atomic E-state index is -0.470. The molecule has 0 spiro atoms. The standard InChI is InChI=1S/C26H32N4O3S2/c1-4-30-21(14-18-8-6-5-7-9-18)28-29-26(30)35-16-22(31)27-24-23(25(32)33-3)20(15-34-24)19-12-10-17(2)11-13-19/h10-13,15,18H,4-9,14,16H2,1-3H3,(H,27,31). The number of carbonyl (C=O) groups is 2. The van der Waals surface area contributed by atoms with Gasteiger partial charge >= 0.3 is 5.97 Å². The molecule has 35 heavy (non-hydrogen) atoms. The number of thiophene rings is 1. The van der Waals surface area contributed by atoms with Gasteiger partial charge in [0.1, 0.15) is 16.4 Å². The number of methoxy groups -OCH3 is 1. The number of rotatable bonds is 9. The van der Waals surface area contributed by atoms with Gasteiger partial charge < -0.3 is 14.6 Å². The minimum Gasteiger partial charge on any atom is -0.465 e. The van der Waals surface area contributed by atoms with Crippen molar-refractivity contribution in [1.29, 1.82) is 0 Å². The van der Waals surface area contributed by atoms with Gasteiger partial charge in [-0.05, 0) is 25.3 Å². The number of nitrogens with zero attached hydrogens (tertiary/aromatic N) is 3. The van der Waals surface area contributed by atoms with Crippen molar-refractivity contribution in [3.8, 4) is 11.1 Å². The lowest BCUT2D eigenvalue weighted by atomic mass is 9.87. The summed E-state index contributed by atoms with van der Waals surface area (Å²) in [5, 5.41) is 14.8. The third-order valence-corrected chi connectivity index (χ3v) is 8.30. The van der Waals surface area contributed by atoms with Crippen molar-refractivity contribution in [2.45, 2.75) is 64.1 Å². The fraction of sp³-hybridized carbons (Fsp3) is 0.462. The molecule has 0 bridgehead atoms. The third-order valence-electron chi connectivity index (χ3n) is 6.43. The van der Waals surface area contributed by atoms with Gasteiger partial charge in [-0.1, -0.05) is 73.7 Å². The normalized spacial score (nSPS) is 14.1. The van der Waals surface area contributed by atoms with E-state index in [2.05, 4.69) is 27.0 Å². The van der Waals surface area contributed by atoms with Crippen molar-refractivity contribution >= 4 is 40.0 Å². The van der Waals surface area contributed by atoms with Crippen molar-refractivity contribution in [2.75, 3.05) is 18.2 Å². The molecule has 1 fully saturated rings. The topological polar surface area (TPSA) is 86.1 Å². The number of ether oxygens (including phenoxy) is 1. The molecule has 1 aliphatic carbocycles. The largest absolute Gasteiger partial charge is 0.465 e. The molecule has 0 unspecified atom stereocenters. The zero-order valence-electron chi connectivity index (χ0n) is 20.5. The van der Waals surface area contributed by atoms with Crippen molar-refractivity contribution in [1.82, 2.24) is 14.8 Å².